The number of amides is 1. The summed E-state index contributed by atoms with van der Waals surface area (Å²) in [6.45, 7) is 0. The number of aliphatic imine (C=N–C) groups is 1. The minimum atomic E-state index is -0.139. The van der Waals surface area contributed by atoms with Crippen LogP contribution in [0.4, 0.5) is 0 Å². The Kier molecular flexibility index (Phi) is 5.22. The molecule has 0 aromatic rings. The SMILES string of the molecule is N#CCC(CC#N)=NC(=O)C1CCCCC1. The van der Waals surface area contributed by atoms with E-state index in [2.05, 4.69) is 4.99 Å². The zero-order valence-electron chi connectivity index (χ0n) is 9.28. The number of hydrogen-bond donors (Lipinski definition) is 0. The fraction of sp³-hybridized carbons (Fsp3) is 0.667. The average molecular weight is 217 g/mol. The van der Waals surface area contributed by atoms with E-state index in [4.69, 9.17) is 10.5 Å². The van der Waals surface area contributed by atoms with Gasteiger partial charge in [-0.3, -0.25) is 4.79 Å². The van der Waals surface area contributed by atoms with Crippen LogP contribution in [0.1, 0.15) is 44.9 Å². The normalized spacial score (nSPS) is 15.9. The predicted molar refractivity (Wildman–Crippen MR) is 59.5 cm³/mol. The molecule has 0 unspecified atom stereocenters. The van der Waals surface area contributed by atoms with Crippen molar-refractivity contribution in [2.24, 2.45) is 10.9 Å². The third kappa shape index (κ3) is 3.82. The van der Waals surface area contributed by atoms with Crippen molar-refractivity contribution in [1.82, 2.24) is 0 Å². The van der Waals surface area contributed by atoms with Gasteiger partial charge in [-0.05, 0) is 12.8 Å². The van der Waals surface area contributed by atoms with Crippen molar-refractivity contribution >= 4 is 11.6 Å². The number of carbonyl (C=O) groups is 1. The molecule has 0 N–H and O–H groups in total. The molecule has 1 fully saturated rings. The van der Waals surface area contributed by atoms with Crippen LogP contribution in [0, 0.1) is 28.6 Å². The van der Waals surface area contributed by atoms with Gasteiger partial charge in [0.05, 0.1) is 25.0 Å². The van der Waals surface area contributed by atoms with Crippen molar-refractivity contribution < 1.29 is 4.79 Å². The molecular weight excluding hydrogens is 202 g/mol. The molecule has 16 heavy (non-hydrogen) atoms. The third-order valence-electron chi connectivity index (χ3n) is 2.79. The van der Waals surface area contributed by atoms with Crippen molar-refractivity contribution in [2.45, 2.75) is 44.9 Å². The minimum Gasteiger partial charge on any atom is -0.272 e. The molecule has 1 aliphatic rings. The summed E-state index contributed by atoms with van der Waals surface area (Å²) in [5.74, 6) is -0.124. The van der Waals surface area contributed by atoms with Crippen LogP contribution in [0.3, 0.4) is 0 Å². The third-order valence-corrected chi connectivity index (χ3v) is 2.79. The van der Waals surface area contributed by atoms with E-state index < -0.39 is 0 Å². The van der Waals surface area contributed by atoms with Gasteiger partial charge in [0.25, 0.3) is 0 Å². The first-order valence-electron chi connectivity index (χ1n) is 5.62. The molecule has 0 heterocycles. The quantitative estimate of drug-likeness (QED) is 0.681. The summed E-state index contributed by atoms with van der Waals surface area (Å²) in [7, 11) is 0. The van der Waals surface area contributed by atoms with Crippen LogP contribution in [-0.2, 0) is 4.79 Å². The monoisotopic (exact) mass is 217 g/mol. The lowest BCUT2D eigenvalue weighted by atomic mass is 9.89. The van der Waals surface area contributed by atoms with E-state index in [1.165, 1.54) is 6.42 Å². The Bertz CT molecular complexity index is 335. The first-order chi connectivity index (χ1) is 7.77. The van der Waals surface area contributed by atoms with Gasteiger partial charge in [0, 0.05) is 11.6 Å². The summed E-state index contributed by atoms with van der Waals surface area (Å²) in [5.41, 5.74) is 0.403. The van der Waals surface area contributed by atoms with Crippen LogP contribution in [0.15, 0.2) is 4.99 Å². The fourth-order valence-corrected chi connectivity index (χ4v) is 1.92. The van der Waals surface area contributed by atoms with E-state index in [-0.39, 0.29) is 24.7 Å². The van der Waals surface area contributed by atoms with Gasteiger partial charge in [-0.15, -0.1) is 0 Å². The molecule has 1 rings (SSSR count). The standard InChI is InChI=1S/C12H15N3O/c13-8-6-11(7-9-14)15-12(16)10-4-2-1-3-5-10/h10H,1-7H2. The highest BCUT2D eigenvalue weighted by molar-refractivity contribution is 5.98. The second-order valence-corrected chi connectivity index (χ2v) is 4.02. The fourth-order valence-electron chi connectivity index (χ4n) is 1.92. The zero-order chi connectivity index (χ0) is 11.8. The summed E-state index contributed by atoms with van der Waals surface area (Å²) in [6, 6.07) is 3.85. The molecular formula is C12H15N3O. The summed E-state index contributed by atoms with van der Waals surface area (Å²) in [4.78, 5) is 15.7. The van der Waals surface area contributed by atoms with Gasteiger partial charge in [-0.1, -0.05) is 19.3 Å². The Balaban J connectivity index is 2.61. The van der Waals surface area contributed by atoms with Gasteiger partial charge in [-0.2, -0.15) is 10.5 Å². The first kappa shape index (κ1) is 12.4. The number of carbonyl (C=O) groups excluding carboxylic acids is 1. The highest BCUT2D eigenvalue weighted by atomic mass is 16.1. The van der Waals surface area contributed by atoms with Crippen molar-refractivity contribution in [2.75, 3.05) is 0 Å². The van der Waals surface area contributed by atoms with Crippen LogP contribution in [0.2, 0.25) is 0 Å². The largest absolute Gasteiger partial charge is 0.272 e. The lowest BCUT2D eigenvalue weighted by molar-refractivity contribution is -0.122. The Hall–Kier alpha value is -1.68. The van der Waals surface area contributed by atoms with Crippen molar-refractivity contribution in [3.8, 4) is 12.1 Å². The Morgan fingerprint density at radius 3 is 2.19 bits per heavy atom. The van der Waals surface area contributed by atoms with Crippen molar-refractivity contribution in [1.29, 1.82) is 10.5 Å². The molecule has 84 valence electrons. The van der Waals surface area contributed by atoms with E-state index in [1.807, 2.05) is 12.1 Å². The number of hydrogen-bond acceptors (Lipinski definition) is 3. The molecule has 0 radical (unpaired) electrons. The number of rotatable bonds is 3. The smallest absolute Gasteiger partial charge is 0.248 e. The molecule has 0 atom stereocenters. The van der Waals surface area contributed by atoms with Crippen LogP contribution >= 0.6 is 0 Å². The second kappa shape index (κ2) is 6.74. The van der Waals surface area contributed by atoms with Crippen LogP contribution < -0.4 is 0 Å². The molecule has 4 nitrogen and oxygen atoms in total. The van der Waals surface area contributed by atoms with Gasteiger partial charge in [0.1, 0.15) is 0 Å². The van der Waals surface area contributed by atoms with Gasteiger partial charge < -0.3 is 0 Å². The highest BCUT2D eigenvalue weighted by Crippen LogP contribution is 2.24. The Morgan fingerprint density at radius 1 is 1.12 bits per heavy atom. The molecule has 1 aliphatic carbocycles. The van der Waals surface area contributed by atoms with Gasteiger partial charge in [-0.25, -0.2) is 4.99 Å². The van der Waals surface area contributed by atoms with Crippen LogP contribution in [0.25, 0.3) is 0 Å². The maximum atomic E-state index is 11.8. The van der Waals surface area contributed by atoms with Gasteiger partial charge in [0.2, 0.25) is 5.91 Å². The summed E-state index contributed by atoms with van der Waals surface area (Å²) < 4.78 is 0. The predicted octanol–water partition coefficient (Wildman–Crippen LogP) is 2.36. The lowest BCUT2D eigenvalue weighted by Crippen LogP contribution is -2.17. The highest BCUT2D eigenvalue weighted by Gasteiger charge is 2.20. The van der Waals surface area contributed by atoms with Gasteiger partial charge in [0.15, 0.2) is 0 Å². The molecule has 0 saturated heterocycles. The van der Waals surface area contributed by atoms with E-state index in [9.17, 15) is 4.79 Å². The molecule has 0 bridgehead atoms. The van der Waals surface area contributed by atoms with E-state index >= 15 is 0 Å². The lowest BCUT2D eigenvalue weighted by Gasteiger charge is -2.18. The molecule has 0 aromatic heterocycles. The Morgan fingerprint density at radius 2 is 1.69 bits per heavy atom. The van der Waals surface area contributed by atoms with E-state index in [0.717, 1.165) is 25.7 Å². The molecule has 4 heteroatoms. The molecule has 0 aliphatic heterocycles. The topological polar surface area (TPSA) is 77.0 Å². The maximum Gasteiger partial charge on any atom is 0.248 e. The zero-order valence-corrected chi connectivity index (χ0v) is 9.28. The van der Waals surface area contributed by atoms with E-state index in [0.29, 0.717) is 5.71 Å². The number of nitrogens with zero attached hydrogens (tertiary/aromatic N) is 3. The first-order valence-corrected chi connectivity index (χ1v) is 5.62. The summed E-state index contributed by atoms with van der Waals surface area (Å²) in [6.07, 6.45) is 5.30. The molecule has 1 saturated carbocycles. The average Bonchev–Trinajstić information content (AvgIpc) is 2.31. The number of nitriles is 2. The molecule has 1 amide bonds. The van der Waals surface area contributed by atoms with E-state index in [1.54, 1.807) is 0 Å². The minimum absolute atomic E-state index is 0.0149. The molecule has 0 aromatic carbocycles. The molecule has 0 spiro atoms. The second-order valence-electron chi connectivity index (χ2n) is 4.02. The summed E-state index contributed by atoms with van der Waals surface area (Å²) >= 11 is 0. The van der Waals surface area contributed by atoms with Crippen molar-refractivity contribution in [3.63, 3.8) is 0 Å². The maximum absolute atomic E-state index is 11.8. The van der Waals surface area contributed by atoms with Gasteiger partial charge >= 0.3 is 0 Å². The Labute approximate surface area is 95.6 Å². The summed E-state index contributed by atoms with van der Waals surface area (Å²) in [5, 5.41) is 17.1. The van der Waals surface area contributed by atoms with Crippen LogP contribution in [-0.4, -0.2) is 11.6 Å². The van der Waals surface area contributed by atoms with Crippen LogP contribution in [0.5, 0.6) is 0 Å². The van der Waals surface area contributed by atoms with Crippen molar-refractivity contribution in [3.05, 3.63) is 0 Å².